The van der Waals surface area contributed by atoms with Crippen LogP contribution in [0, 0.1) is 5.82 Å². The number of methoxy groups -OCH3 is 3. The number of nitrogens with two attached hydrogens (primary N) is 1. The number of nitrogens with one attached hydrogen (secondary N) is 1. The monoisotopic (exact) mass is 461 g/mol. The lowest BCUT2D eigenvalue weighted by Gasteiger charge is -2.11. The highest BCUT2D eigenvalue weighted by molar-refractivity contribution is 14.0. The van der Waals surface area contributed by atoms with Gasteiger partial charge in [0.2, 0.25) is 0 Å². The molecule has 0 amide bonds. The normalized spacial score (nSPS) is 10.6. The molecule has 2 aromatic carbocycles. The largest absolute Gasteiger partial charge is 0.494 e. The Kier molecular flexibility index (Phi) is 8.26. The molecule has 0 aliphatic heterocycles. The maximum Gasteiger partial charge on any atom is 0.193 e. The van der Waals surface area contributed by atoms with Crippen LogP contribution in [-0.4, -0.2) is 27.3 Å². The van der Waals surface area contributed by atoms with Crippen LogP contribution in [0.2, 0.25) is 0 Å². The van der Waals surface area contributed by atoms with Gasteiger partial charge >= 0.3 is 0 Å². The van der Waals surface area contributed by atoms with E-state index in [1.807, 2.05) is 0 Å². The Labute approximate surface area is 163 Å². The first-order chi connectivity index (χ1) is 11.6. The van der Waals surface area contributed by atoms with Crippen LogP contribution in [0.25, 0.3) is 0 Å². The van der Waals surface area contributed by atoms with Crippen LogP contribution in [0.4, 0.5) is 10.1 Å². The fourth-order valence-electron chi connectivity index (χ4n) is 2.09. The predicted molar refractivity (Wildman–Crippen MR) is 107 cm³/mol. The van der Waals surface area contributed by atoms with Crippen molar-refractivity contribution in [1.82, 2.24) is 0 Å². The Morgan fingerprint density at radius 3 is 2.24 bits per heavy atom. The molecule has 0 radical (unpaired) electrons. The van der Waals surface area contributed by atoms with Gasteiger partial charge in [-0.15, -0.1) is 24.0 Å². The molecule has 2 rings (SSSR count). The SMILES string of the molecule is COc1ccc(CN=C(N)Nc2ccc(OC)c(OC)c2)cc1F.I. The molecule has 6 nitrogen and oxygen atoms in total. The van der Waals surface area contributed by atoms with Gasteiger partial charge in [-0.2, -0.15) is 0 Å². The molecule has 8 heteroatoms. The quantitative estimate of drug-likeness (QED) is 0.392. The van der Waals surface area contributed by atoms with Gasteiger partial charge in [0.15, 0.2) is 29.0 Å². The number of benzene rings is 2. The number of halogens is 2. The molecular formula is C17H21FIN3O3. The predicted octanol–water partition coefficient (Wildman–Crippen LogP) is 3.40. The van der Waals surface area contributed by atoms with E-state index in [1.165, 1.54) is 13.2 Å². The zero-order valence-electron chi connectivity index (χ0n) is 14.2. The van der Waals surface area contributed by atoms with Crippen LogP contribution >= 0.6 is 24.0 Å². The minimum absolute atomic E-state index is 0. The van der Waals surface area contributed by atoms with Crippen molar-refractivity contribution in [3.05, 3.63) is 47.8 Å². The summed E-state index contributed by atoms with van der Waals surface area (Å²) in [6, 6.07) is 9.94. The summed E-state index contributed by atoms with van der Waals surface area (Å²) in [6.07, 6.45) is 0. The molecule has 0 aliphatic rings. The van der Waals surface area contributed by atoms with E-state index in [4.69, 9.17) is 19.9 Å². The topological polar surface area (TPSA) is 78.1 Å². The van der Waals surface area contributed by atoms with Gasteiger partial charge in [-0.05, 0) is 29.8 Å². The summed E-state index contributed by atoms with van der Waals surface area (Å²) in [4.78, 5) is 4.19. The standard InChI is InChI=1S/C17H20FN3O3.HI/c1-22-14-6-4-11(8-13(14)18)10-20-17(19)21-12-5-7-15(23-2)16(9-12)24-3;/h4-9H,10H2,1-3H3,(H3,19,20,21);1H. The number of ether oxygens (including phenoxy) is 3. The van der Waals surface area contributed by atoms with E-state index in [2.05, 4.69) is 10.3 Å². The van der Waals surface area contributed by atoms with Gasteiger partial charge in [-0.25, -0.2) is 9.38 Å². The van der Waals surface area contributed by atoms with E-state index in [0.29, 0.717) is 22.7 Å². The van der Waals surface area contributed by atoms with Gasteiger partial charge in [-0.1, -0.05) is 6.07 Å². The lowest BCUT2D eigenvalue weighted by atomic mass is 10.2. The molecule has 0 saturated heterocycles. The number of anilines is 1. The smallest absolute Gasteiger partial charge is 0.193 e. The molecule has 136 valence electrons. The third-order valence-corrected chi connectivity index (χ3v) is 3.30. The Bertz CT molecular complexity index is 741. The second-order valence-electron chi connectivity index (χ2n) is 4.87. The molecule has 0 aromatic heterocycles. The van der Waals surface area contributed by atoms with Crippen molar-refractivity contribution < 1.29 is 18.6 Å². The third kappa shape index (κ3) is 5.66. The molecular weight excluding hydrogens is 440 g/mol. The molecule has 0 unspecified atom stereocenters. The van der Waals surface area contributed by atoms with Crippen LogP contribution in [0.1, 0.15) is 5.56 Å². The zero-order chi connectivity index (χ0) is 17.5. The highest BCUT2D eigenvalue weighted by Crippen LogP contribution is 2.29. The van der Waals surface area contributed by atoms with Gasteiger partial charge < -0.3 is 25.3 Å². The molecule has 0 spiro atoms. The van der Waals surface area contributed by atoms with Crippen molar-refractivity contribution in [1.29, 1.82) is 0 Å². The minimum Gasteiger partial charge on any atom is -0.494 e. The molecule has 0 bridgehead atoms. The lowest BCUT2D eigenvalue weighted by molar-refractivity contribution is 0.355. The summed E-state index contributed by atoms with van der Waals surface area (Å²) in [7, 11) is 4.54. The van der Waals surface area contributed by atoms with Gasteiger partial charge in [0.05, 0.1) is 27.9 Å². The Balaban J connectivity index is 0.00000312. The Morgan fingerprint density at radius 2 is 1.64 bits per heavy atom. The van der Waals surface area contributed by atoms with Crippen LogP contribution in [0.15, 0.2) is 41.4 Å². The van der Waals surface area contributed by atoms with Crippen molar-refractivity contribution in [2.24, 2.45) is 10.7 Å². The first-order valence-corrected chi connectivity index (χ1v) is 7.18. The number of aliphatic imine (C=N–C) groups is 1. The molecule has 2 aromatic rings. The number of rotatable bonds is 6. The molecule has 0 saturated carbocycles. The minimum atomic E-state index is -0.434. The number of hydrogen-bond acceptors (Lipinski definition) is 4. The molecule has 25 heavy (non-hydrogen) atoms. The highest BCUT2D eigenvalue weighted by Gasteiger charge is 2.06. The maximum atomic E-state index is 13.6. The maximum absolute atomic E-state index is 13.6. The number of hydrogen-bond donors (Lipinski definition) is 2. The summed E-state index contributed by atoms with van der Waals surface area (Å²) in [5, 5.41) is 2.95. The fourth-order valence-corrected chi connectivity index (χ4v) is 2.09. The van der Waals surface area contributed by atoms with Crippen LogP contribution in [-0.2, 0) is 6.54 Å². The second-order valence-corrected chi connectivity index (χ2v) is 4.87. The van der Waals surface area contributed by atoms with Crippen molar-refractivity contribution in [2.75, 3.05) is 26.6 Å². The average Bonchev–Trinajstić information content (AvgIpc) is 2.60. The Morgan fingerprint density at radius 1 is 1.00 bits per heavy atom. The molecule has 0 atom stereocenters. The van der Waals surface area contributed by atoms with Crippen molar-refractivity contribution in [3.8, 4) is 17.2 Å². The van der Waals surface area contributed by atoms with E-state index in [9.17, 15) is 4.39 Å². The molecule has 0 fully saturated rings. The van der Waals surface area contributed by atoms with E-state index < -0.39 is 5.82 Å². The number of guanidine groups is 1. The van der Waals surface area contributed by atoms with Gasteiger partial charge in [0, 0.05) is 11.8 Å². The average molecular weight is 461 g/mol. The lowest BCUT2D eigenvalue weighted by Crippen LogP contribution is -2.22. The molecule has 0 heterocycles. The van der Waals surface area contributed by atoms with E-state index in [-0.39, 0.29) is 42.2 Å². The van der Waals surface area contributed by atoms with Crippen LogP contribution in [0.3, 0.4) is 0 Å². The highest BCUT2D eigenvalue weighted by atomic mass is 127. The summed E-state index contributed by atoms with van der Waals surface area (Å²) in [6.45, 7) is 0.243. The van der Waals surface area contributed by atoms with Gasteiger partial charge in [0.1, 0.15) is 0 Å². The van der Waals surface area contributed by atoms with E-state index in [1.54, 1.807) is 44.6 Å². The third-order valence-electron chi connectivity index (χ3n) is 3.30. The summed E-state index contributed by atoms with van der Waals surface area (Å²) >= 11 is 0. The fraction of sp³-hybridized carbons (Fsp3) is 0.235. The van der Waals surface area contributed by atoms with E-state index >= 15 is 0 Å². The Hall–Kier alpha value is -2.23. The van der Waals surface area contributed by atoms with Crippen LogP contribution < -0.4 is 25.3 Å². The molecule has 3 N–H and O–H groups in total. The first-order valence-electron chi connectivity index (χ1n) is 7.18. The summed E-state index contributed by atoms with van der Waals surface area (Å²) in [5.74, 6) is 1.16. The second kappa shape index (κ2) is 9.92. The van der Waals surface area contributed by atoms with Crippen molar-refractivity contribution >= 4 is 35.6 Å². The van der Waals surface area contributed by atoms with E-state index in [0.717, 1.165) is 0 Å². The molecule has 0 aliphatic carbocycles. The van der Waals surface area contributed by atoms with Gasteiger partial charge in [-0.3, -0.25) is 0 Å². The van der Waals surface area contributed by atoms with Crippen LogP contribution in [0.5, 0.6) is 17.2 Å². The summed E-state index contributed by atoms with van der Waals surface area (Å²) < 4.78 is 28.9. The zero-order valence-corrected chi connectivity index (χ0v) is 16.5. The number of nitrogens with zero attached hydrogens (tertiary/aromatic N) is 1. The summed E-state index contributed by atoms with van der Waals surface area (Å²) in [5.41, 5.74) is 7.25. The van der Waals surface area contributed by atoms with Gasteiger partial charge in [0.25, 0.3) is 0 Å². The van der Waals surface area contributed by atoms with Crippen molar-refractivity contribution in [2.45, 2.75) is 6.54 Å². The first kappa shape index (κ1) is 20.8. The van der Waals surface area contributed by atoms with Crippen molar-refractivity contribution in [3.63, 3.8) is 0 Å².